The van der Waals surface area contributed by atoms with Crippen molar-refractivity contribution in [1.29, 1.82) is 0 Å². The molecule has 18 heavy (non-hydrogen) atoms. The van der Waals surface area contributed by atoms with Crippen LogP contribution in [-0.2, 0) is 16.0 Å². The third-order valence-corrected chi connectivity index (χ3v) is 3.20. The van der Waals surface area contributed by atoms with E-state index in [4.69, 9.17) is 10.5 Å². The third kappa shape index (κ3) is 4.04. The first-order valence-electron chi connectivity index (χ1n) is 6.43. The van der Waals surface area contributed by atoms with Crippen molar-refractivity contribution in [3.8, 4) is 0 Å². The molecule has 1 aromatic carbocycles. The fourth-order valence-corrected chi connectivity index (χ4v) is 2.10. The zero-order valence-corrected chi connectivity index (χ0v) is 10.5. The fourth-order valence-electron chi connectivity index (χ4n) is 2.10. The number of anilines is 1. The Morgan fingerprint density at radius 2 is 2.39 bits per heavy atom. The highest BCUT2D eigenvalue weighted by molar-refractivity contribution is 5.76. The number of ether oxygens (including phenoxy) is 1. The molecular formula is C14H20N2O2. The lowest BCUT2D eigenvalue weighted by atomic mass is 10.1. The molecule has 1 atom stereocenters. The molecule has 1 amide bonds. The number of hydrogen-bond donors (Lipinski definition) is 2. The van der Waals surface area contributed by atoms with Crippen molar-refractivity contribution < 1.29 is 9.53 Å². The summed E-state index contributed by atoms with van der Waals surface area (Å²) < 4.78 is 5.27. The van der Waals surface area contributed by atoms with Gasteiger partial charge in [0.15, 0.2) is 0 Å². The Hall–Kier alpha value is -1.55. The molecule has 0 saturated carbocycles. The molecule has 0 spiro atoms. The van der Waals surface area contributed by atoms with Crippen LogP contribution in [-0.4, -0.2) is 25.7 Å². The fraction of sp³-hybridized carbons (Fsp3) is 0.500. The van der Waals surface area contributed by atoms with E-state index in [2.05, 4.69) is 5.32 Å². The van der Waals surface area contributed by atoms with E-state index in [1.807, 2.05) is 24.3 Å². The smallest absolute Gasteiger partial charge is 0.220 e. The van der Waals surface area contributed by atoms with Crippen molar-refractivity contribution in [3.63, 3.8) is 0 Å². The van der Waals surface area contributed by atoms with Gasteiger partial charge in [0.25, 0.3) is 0 Å². The van der Waals surface area contributed by atoms with Gasteiger partial charge in [-0.15, -0.1) is 0 Å². The van der Waals surface area contributed by atoms with Gasteiger partial charge in [-0.25, -0.2) is 0 Å². The number of hydrogen-bond acceptors (Lipinski definition) is 3. The number of amides is 1. The average Bonchev–Trinajstić information content (AvgIpc) is 2.87. The molecule has 0 aromatic heterocycles. The molecule has 98 valence electrons. The van der Waals surface area contributed by atoms with Crippen LogP contribution >= 0.6 is 0 Å². The molecule has 3 N–H and O–H groups in total. The van der Waals surface area contributed by atoms with Gasteiger partial charge >= 0.3 is 0 Å². The number of nitrogens with two attached hydrogens (primary N) is 1. The molecule has 1 heterocycles. The summed E-state index contributed by atoms with van der Waals surface area (Å²) >= 11 is 0. The first-order valence-corrected chi connectivity index (χ1v) is 6.43. The minimum atomic E-state index is 0.101. The van der Waals surface area contributed by atoms with Gasteiger partial charge in [0.05, 0.1) is 6.61 Å². The Balaban J connectivity index is 1.68. The van der Waals surface area contributed by atoms with Crippen LogP contribution in [0.2, 0.25) is 0 Å². The molecule has 0 aliphatic carbocycles. The molecule has 4 nitrogen and oxygen atoms in total. The summed E-state index contributed by atoms with van der Waals surface area (Å²) in [6.07, 6.45) is 2.30. The van der Waals surface area contributed by atoms with Crippen molar-refractivity contribution in [1.82, 2.24) is 5.32 Å². The number of carbonyl (C=O) groups is 1. The number of rotatable bonds is 5. The molecule has 1 saturated heterocycles. The summed E-state index contributed by atoms with van der Waals surface area (Å²) in [6, 6.07) is 7.68. The Kier molecular flexibility index (Phi) is 4.59. The molecule has 1 aromatic rings. The van der Waals surface area contributed by atoms with Crippen molar-refractivity contribution in [3.05, 3.63) is 29.8 Å². The first kappa shape index (κ1) is 12.9. The van der Waals surface area contributed by atoms with Crippen LogP contribution in [0.4, 0.5) is 5.69 Å². The van der Waals surface area contributed by atoms with E-state index in [9.17, 15) is 4.79 Å². The van der Waals surface area contributed by atoms with Crippen molar-refractivity contribution in [2.45, 2.75) is 19.3 Å². The molecule has 1 fully saturated rings. The number of carbonyl (C=O) groups excluding carboxylic acids is 1. The summed E-state index contributed by atoms with van der Waals surface area (Å²) in [5.74, 6) is 0.589. The second kappa shape index (κ2) is 6.40. The van der Waals surface area contributed by atoms with Crippen LogP contribution in [0.3, 0.4) is 0 Å². The van der Waals surface area contributed by atoms with Crippen LogP contribution in [0.1, 0.15) is 18.4 Å². The SMILES string of the molecule is Nc1cccc(CCC(=O)NCC2CCOC2)c1. The zero-order chi connectivity index (χ0) is 12.8. The number of nitrogen functional groups attached to an aromatic ring is 1. The molecule has 0 radical (unpaired) electrons. The summed E-state index contributed by atoms with van der Waals surface area (Å²) in [5, 5.41) is 2.96. The Morgan fingerprint density at radius 1 is 1.50 bits per heavy atom. The predicted molar refractivity (Wildman–Crippen MR) is 71.1 cm³/mol. The summed E-state index contributed by atoms with van der Waals surface area (Å²) in [4.78, 5) is 11.7. The Morgan fingerprint density at radius 3 is 3.11 bits per heavy atom. The lowest BCUT2D eigenvalue weighted by Gasteiger charge is -2.09. The highest BCUT2D eigenvalue weighted by Gasteiger charge is 2.16. The van der Waals surface area contributed by atoms with Crippen LogP contribution < -0.4 is 11.1 Å². The topological polar surface area (TPSA) is 64.4 Å². The molecular weight excluding hydrogens is 228 g/mol. The summed E-state index contributed by atoms with van der Waals surface area (Å²) in [5.41, 5.74) is 7.54. The molecule has 0 bridgehead atoms. The maximum Gasteiger partial charge on any atom is 0.220 e. The van der Waals surface area contributed by atoms with Gasteiger partial charge in [0, 0.05) is 31.2 Å². The van der Waals surface area contributed by atoms with Gasteiger partial charge in [-0.2, -0.15) is 0 Å². The van der Waals surface area contributed by atoms with E-state index in [0.29, 0.717) is 12.3 Å². The molecule has 1 unspecified atom stereocenters. The summed E-state index contributed by atoms with van der Waals surface area (Å²) in [7, 11) is 0. The maximum absolute atomic E-state index is 11.7. The van der Waals surface area contributed by atoms with Gasteiger partial charge in [-0.3, -0.25) is 4.79 Å². The van der Waals surface area contributed by atoms with Crippen LogP contribution in [0, 0.1) is 5.92 Å². The molecule has 2 rings (SSSR count). The quantitative estimate of drug-likeness (QED) is 0.773. The van der Waals surface area contributed by atoms with Gasteiger partial charge in [0.2, 0.25) is 5.91 Å². The largest absolute Gasteiger partial charge is 0.399 e. The number of nitrogens with one attached hydrogen (secondary N) is 1. The highest BCUT2D eigenvalue weighted by Crippen LogP contribution is 2.11. The monoisotopic (exact) mass is 248 g/mol. The standard InChI is InChI=1S/C14H20N2O2/c15-13-3-1-2-11(8-13)4-5-14(17)16-9-12-6-7-18-10-12/h1-3,8,12H,4-7,9-10,15H2,(H,16,17). The van der Waals surface area contributed by atoms with E-state index in [-0.39, 0.29) is 5.91 Å². The van der Waals surface area contributed by atoms with Crippen LogP contribution in [0.5, 0.6) is 0 Å². The number of benzene rings is 1. The average molecular weight is 248 g/mol. The lowest BCUT2D eigenvalue weighted by molar-refractivity contribution is -0.121. The maximum atomic E-state index is 11.7. The van der Waals surface area contributed by atoms with Gasteiger partial charge in [0.1, 0.15) is 0 Å². The van der Waals surface area contributed by atoms with E-state index in [1.54, 1.807) is 0 Å². The Bertz CT molecular complexity index is 401. The Labute approximate surface area is 108 Å². The van der Waals surface area contributed by atoms with E-state index in [1.165, 1.54) is 0 Å². The minimum Gasteiger partial charge on any atom is -0.399 e. The lowest BCUT2D eigenvalue weighted by Crippen LogP contribution is -2.29. The van der Waals surface area contributed by atoms with Crippen LogP contribution in [0.25, 0.3) is 0 Å². The minimum absolute atomic E-state index is 0.101. The predicted octanol–water partition coefficient (Wildman–Crippen LogP) is 1.35. The van der Waals surface area contributed by atoms with Crippen molar-refractivity contribution in [2.24, 2.45) is 5.92 Å². The second-order valence-corrected chi connectivity index (χ2v) is 4.78. The van der Waals surface area contributed by atoms with E-state index in [0.717, 1.165) is 43.9 Å². The van der Waals surface area contributed by atoms with Crippen molar-refractivity contribution >= 4 is 11.6 Å². The normalized spacial score (nSPS) is 18.8. The van der Waals surface area contributed by atoms with Gasteiger partial charge < -0.3 is 15.8 Å². The number of aryl methyl sites for hydroxylation is 1. The molecule has 1 aliphatic heterocycles. The second-order valence-electron chi connectivity index (χ2n) is 4.78. The van der Waals surface area contributed by atoms with Gasteiger partial charge in [-0.1, -0.05) is 12.1 Å². The highest BCUT2D eigenvalue weighted by atomic mass is 16.5. The zero-order valence-electron chi connectivity index (χ0n) is 10.5. The third-order valence-electron chi connectivity index (χ3n) is 3.20. The van der Waals surface area contributed by atoms with Crippen LogP contribution in [0.15, 0.2) is 24.3 Å². The van der Waals surface area contributed by atoms with E-state index >= 15 is 0 Å². The van der Waals surface area contributed by atoms with E-state index < -0.39 is 0 Å². The first-order chi connectivity index (χ1) is 8.74. The molecule has 1 aliphatic rings. The molecule has 4 heteroatoms. The van der Waals surface area contributed by atoms with Crippen molar-refractivity contribution in [2.75, 3.05) is 25.5 Å². The summed E-state index contributed by atoms with van der Waals surface area (Å²) in [6.45, 7) is 2.33. The van der Waals surface area contributed by atoms with Gasteiger partial charge in [-0.05, 0) is 30.5 Å².